The van der Waals surface area contributed by atoms with E-state index in [1.165, 1.54) is 6.07 Å². The van der Waals surface area contributed by atoms with Crippen molar-refractivity contribution >= 4 is 48.9 Å². The van der Waals surface area contributed by atoms with Gasteiger partial charge in [-0.1, -0.05) is 37.8 Å². The van der Waals surface area contributed by atoms with Crippen LogP contribution in [0.2, 0.25) is 5.02 Å². The molecule has 0 radical (unpaired) electrons. The van der Waals surface area contributed by atoms with Crippen LogP contribution < -0.4 is 4.72 Å². The summed E-state index contributed by atoms with van der Waals surface area (Å²) in [5, 5.41) is 0.430. The van der Waals surface area contributed by atoms with E-state index in [1.54, 1.807) is 0 Å². The average molecular weight is 375 g/mol. The number of rotatable bonds is 7. The van der Waals surface area contributed by atoms with Crippen LogP contribution in [0.25, 0.3) is 0 Å². The van der Waals surface area contributed by atoms with Gasteiger partial charge in [0.15, 0.2) is 0 Å². The van der Waals surface area contributed by atoms with Crippen molar-refractivity contribution in [1.82, 2.24) is 4.72 Å². The Morgan fingerprint density at radius 2 is 2.17 bits per heavy atom. The van der Waals surface area contributed by atoms with Crippen molar-refractivity contribution in [3.63, 3.8) is 0 Å². The molecule has 0 aliphatic heterocycles. The first kappa shape index (κ1) is 16.4. The summed E-state index contributed by atoms with van der Waals surface area (Å²) in [7, 11) is -3.44. The molecular weight excluding hydrogens is 358 g/mol. The Kier molecular flexibility index (Phi) is 6.61. The van der Waals surface area contributed by atoms with Gasteiger partial charge >= 0.3 is 0 Å². The minimum atomic E-state index is -3.44. The maximum Gasteiger partial charge on any atom is 0.250 e. The van der Waals surface area contributed by atoms with Crippen LogP contribution in [0.1, 0.15) is 39.5 Å². The Labute approximate surface area is 126 Å². The Hall–Kier alpha value is 0.380. The molecule has 7 heteroatoms. The monoisotopic (exact) mass is 373 g/mol. The van der Waals surface area contributed by atoms with Crippen molar-refractivity contribution in [2.45, 2.75) is 49.8 Å². The lowest BCUT2D eigenvalue weighted by Gasteiger charge is -2.12. The molecule has 1 aromatic heterocycles. The molecule has 18 heavy (non-hydrogen) atoms. The van der Waals surface area contributed by atoms with Crippen molar-refractivity contribution in [3.8, 4) is 0 Å². The molecule has 0 amide bonds. The van der Waals surface area contributed by atoms with Gasteiger partial charge in [0.25, 0.3) is 0 Å². The summed E-state index contributed by atoms with van der Waals surface area (Å²) in [5.41, 5.74) is 0. The van der Waals surface area contributed by atoms with Gasteiger partial charge < -0.3 is 0 Å². The molecule has 1 aromatic rings. The summed E-state index contributed by atoms with van der Waals surface area (Å²) in [6.07, 6.45) is 4.15. The Morgan fingerprint density at radius 3 is 2.67 bits per heavy atom. The fraction of sp³-hybridized carbons (Fsp3) is 0.636. The normalized spacial score (nSPS) is 13.8. The molecular formula is C11H17BrClNO2S2. The minimum absolute atomic E-state index is 0.0544. The summed E-state index contributed by atoms with van der Waals surface area (Å²) in [6, 6.07) is 1.42. The predicted molar refractivity (Wildman–Crippen MR) is 81.0 cm³/mol. The highest BCUT2D eigenvalue weighted by atomic mass is 79.9. The van der Waals surface area contributed by atoms with Gasteiger partial charge in [0.2, 0.25) is 10.0 Å². The predicted octanol–water partition coefficient (Wildman–Crippen LogP) is 4.41. The molecule has 0 aromatic carbocycles. The fourth-order valence-corrected chi connectivity index (χ4v) is 5.23. The van der Waals surface area contributed by atoms with Gasteiger partial charge in [0.1, 0.15) is 4.21 Å². The van der Waals surface area contributed by atoms with E-state index in [2.05, 4.69) is 27.6 Å². The third-order valence-electron chi connectivity index (χ3n) is 2.48. The van der Waals surface area contributed by atoms with E-state index in [0.717, 1.165) is 37.0 Å². The SMILES string of the molecule is CCCCCC(C)NS(=O)(=O)c1cc(Cl)c(Br)s1. The van der Waals surface area contributed by atoms with Crippen molar-refractivity contribution < 1.29 is 8.42 Å². The molecule has 1 heterocycles. The largest absolute Gasteiger partial charge is 0.250 e. The topological polar surface area (TPSA) is 46.2 Å². The molecule has 0 saturated carbocycles. The van der Waals surface area contributed by atoms with Crippen LogP contribution in [0.3, 0.4) is 0 Å². The van der Waals surface area contributed by atoms with Crippen LogP contribution in [0.15, 0.2) is 14.1 Å². The molecule has 0 fully saturated rings. The second kappa shape index (κ2) is 7.24. The van der Waals surface area contributed by atoms with Gasteiger partial charge in [0.05, 0.1) is 8.81 Å². The zero-order valence-corrected chi connectivity index (χ0v) is 14.3. The number of sulfonamides is 1. The first-order valence-corrected chi connectivity index (χ1v) is 9.31. The summed E-state index contributed by atoms with van der Waals surface area (Å²) in [5.74, 6) is 0. The van der Waals surface area contributed by atoms with Crippen molar-refractivity contribution in [3.05, 3.63) is 14.9 Å². The van der Waals surface area contributed by atoms with Gasteiger partial charge in [-0.3, -0.25) is 0 Å². The number of unbranched alkanes of at least 4 members (excludes halogenated alkanes) is 2. The van der Waals surface area contributed by atoms with Gasteiger partial charge in [0, 0.05) is 6.04 Å². The first-order chi connectivity index (χ1) is 8.36. The summed E-state index contributed by atoms with van der Waals surface area (Å²) < 4.78 is 27.7. The maximum atomic E-state index is 12.1. The van der Waals surface area contributed by atoms with E-state index >= 15 is 0 Å². The van der Waals surface area contributed by atoms with Crippen LogP contribution in [-0.4, -0.2) is 14.5 Å². The average Bonchev–Trinajstić information content (AvgIpc) is 2.60. The van der Waals surface area contributed by atoms with E-state index in [9.17, 15) is 8.42 Å². The smallest absolute Gasteiger partial charge is 0.208 e. The van der Waals surface area contributed by atoms with E-state index in [1.807, 2.05) is 6.92 Å². The van der Waals surface area contributed by atoms with Gasteiger partial charge in [-0.05, 0) is 35.3 Å². The summed E-state index contributed by atoms with van der Waals surface area (Å²) in [4.78, 5) is 0. The van der Waals surface area contributed by atoms with E-state index in [0.29, 0.717) is 8.81 Å². The highest BCUT2D eigenvalue weighted by molar-refractivity contribution is 9.11. The summed E-state index contributed by atoms with van der Waals surface area (Å²) >= 11 is 10.2. The third-order valence-corrected chi connectivity index (χ3v) is 7.02. The van der Waals surface area contributed by atoms with Crippen LogP contribution in [-0.2, 0) is 10.0 Å². The van der Waals surface area contributed by atoms with Crippen LogP contribution >= 0.6 is 38.9 Å². The molecule has 0 saturated heterocycles. The van der Waals surface area contributed by atoms with E-state index < -0.39 is 10.0 Å². The Balaban J connectivity index is 2.64. The lowest BCUT2D eigenvalue weighted by molar-refractivity contribution is 0.528. The van der Waals surface area contributed by atoms with Crippen LogP contribution in [0.5, 0.6) is 0 Å². The maximum absolute atomic E-state index is 12.1. The number of nitrogens with one attached hydrogen (secondary N) is 1. The second-order valence-electron chi connectivity index (χ2n) is 4.21. The second-order valence-corrected chi connectivity index (χ2v) is 8.92. The molecule has 3 nitrogen and oxygen atoms in total. The quantitative estimate of drug-likeness (QED) is 0.718. The van der Waals surface area contributed by atoms with E-state index in [4.69, 9.17) is 11.6 Å². The first-order valence-electron chi connectivity index (χ1n) is 5.84. The standard InChI is InChI=1S/C11H17BrClNO2S2/c1-3-4-5-6-8(2)14-18(15,16)10-7-9(13)11(12)17-10/h7-8,14H,3-6H2,1-2H3. The van der Waals surface area contributed by atoms with Gasteiger partial charge in [-0.2, -0.15) is 0 Å². The highest BCUT2D eigenvalue weighted by Crippen LogP contribution is 2.34. The fourth-order valence-electron chi connectivity index (χ4n) is 1.54. The number of hydrogen-bond acceptors (Lipinski definition) is 3. The molecule has 0 aliphatic rings. The molecule has 1 unspecified atom stereocenters. The zero-order chi connectivity index (χ0) is 13.8. The lowest BCUT2D eigenvalue weighted by Crippen LogP contribution is -2.32. The van der Waals surface area contributed by atoms with Crippen molar-refractivity contribution in [2.24, 2.45) is 0 Å². The van der Waals surface area contributed by atoms with Crippen molar-refractivity contribution in [1.29, 1.82) is 0 Å². The minimum Gasteiger partial charge on any atom is -0.208 e. The molecule has 0 aliphatic carbocycles. The van der Waals surface area contributed by atoms with Gasteiger partial charge in [-0.25, -0.2) is 13.1 Å². The highest BCUT2D eigenvalue weighted by Gasteiger charge is 2.20. The Bertz CT molecular complexity index is 468. The summed E-state index contributed by atoms with van der Waals surface area (Å²) in [6.45, 7) is 4.01. The van der Waals surface area contributed by atoms with Crippen molar-refractivity contribution in [2.75, 3.05) is 0 Å². The number of thiophene rings is 1. The molecule has 104 valence electrons. The Morgan fingerprint density at radius 1 is 1.50 bits per heavy atom. The van der Waals surface area contributed by atoms with Crippen LogP contribution in [0, 0.1) is 0 Å². The van der Waals surface area contributed by atoms with Crippen LogP contribution in [0.4, 0.5) is 0 Å². The molecule has 1 rings (SSSR count). The molecule has 1 atom stereocenters. The molecule has 0 bridgehead atoms. The lowest BCUT2D eigenvalue weighted by atomic mass is 10.1. The van der Waals surface area contributed by atoms with E-state index in [-0.39, 0.29) is 10.3 Å². The number of halogens is 2. The molecule has 1 N–H and O–H groups in total. The molecule has 0 spiro atoms. The zero-order valence-electron chi connectivity index (χ0n) is 10.4. The third kappa shape index (κ3) is 4.81. The van der Waals surface area contributed by atoms with Gasteiger partial charge in [-0.15, -0.1) is 11.3 Å². The number of hydrogen-bond donors (Lipinski definition) is 1.